The van der Waals surface area contributed by atoms with Crippen LogP contribution in [-0.4, -0.2) is 28.9 Å². The van der Waals surface area contributed by atoms with Gasteiger partial charge in [-0.3, -0.25) is 0 Å². The van der Waals surface area contributed by atoms with Crippen molar-refractivity contribution in [2.75, 3.05) is 19.3 Å². The van der Waals surface area contributed by atoms with Gasteiger partial charge in [0.05, 0.1) is 11.0 Å². The highest BCUT2D eigenvalue weighted by Crippen LogP contribution is 2.30. The Morgan fingerprint density at radius 3 is 2.82 bits per heavy atom. The molecule has 2 heterocycles. The SMILES string of the molecule is CSc1nc2ccccc2n1C1CCNCC1. The molecule has 90 valence electrons. The van der Waals surface area contributed by atoms with E-state index in [1.165, 1.54) is 18.4 Å². The molecule has 1 fully saturated rings. The largest absolute Gasteiger partial charge is 0.317 e. The zero-order valence-corrected chi connectivity index (χ0v) is 10.8. The molecule has 0 atom stereocenters. The smallest absolute Gasteiger partial charge is 0.169 e. The zero-order valence-electron chi connectivity index (χ0n) is 10.0. The fourth-order valence-corrected chi connectivity index (χ4v) is 3.22. The Hall–Kier alpha value is -1.00. The monoisotopic (exact) mass is 247 g/mol. The van der Waals surface area contributed by atoms with E-state index in [9.17, 15) is 0 Å². The van der Waals surface area contributed by atoms with Crippen LogP contribution in [0.4, 0.5) is 0 Å². The summed E-state index contributed by atoms with van der Waals surface area (Å²) in [5.41, 5.74) is 2.40. The van der Waals surface area contributed by atoms with Crippen LogP contribution >= 0.6 is 11.8 Å². The standard InChI is InChI=1S/C13H17N3S/c1-17-13-15-11-4-2-3-5-12(11)16(13)10-6-8-14-9-7-10/h2-5,10,14H,6-9H2,1H3. The molecular weight excluding hydrogens is 230 g/mol. The summed E-state index contributed by atoms with van der Waals surface area (Å²) >= 11 is 1.75. The normalized spacial score (nSPS) is 17.7. The lowest BCUT2D eigenvalue weighted by Gasteiger charge is -2.25. The second-order valence-corrected chi connectivity index (χ2v) is 5.21. The first kappa shape index (κ1) is 11.1. The van der Waals surface area contributed by atoms with E-state index < -0.39 is 0 Å². The van der Waals surface area contributed by atoms with Crippen molar-refractivity contribution < 1.29 is 0 Å². The Labute approximate surface area is 106 Å². The Morgan fingerprint density at radius 1 is 1.29 bits per heavy atom. The number of rotatable bonds is 2. The van der Waals surface area contributed by atoms with Crippen molar-refractivity contribution in [1.29, 1.82) is 0 Å². The highest BCUT2D eigenvalue weighted by Gasteiger charge is 2.20. The number of nitrogens with zero attached hydrogens (tertiary/aromatic N) is 2. The number of benzene rings is 1. The lowest BCUT2D eigenvalue weighted by molar-refractivity contribution is 0.358. The van der Waals surface area contributed by atoms with Gasteiger partial charge >= 0.3 is 0 Å². The van der Waals surface area contributed by atoms with Crippen LogP contribution in [0.1, 0.15) is 18.9 Å². The number of piperidine rings is 1. The summed E-state index contributed by atoms with van der Waals surface area (Å²) < 4.78 is 2.43. The number of hydrogen-bond donors (Lipinski definition) is 1. The third-order valence-electron chi connectivity index (χ3n) is 3.42. The second-order valence-electron chi connectivity index (χ2n) is 4.44. The number of nitrogens with one attached hydrogen (secondary N) is 1. The molecule has 3 nitrogen and oxygen atoms in total. The molecule has 0 unspecified atom stereocenters. The first-order valence-corrected chi connectivity index (χ1v) is 7.34. The fraction of sp³-hybridized carbons (Fsp3) is 0.462. The zero-order chi connectivity index (χ0) is 11.7. The number of hydrogen-bond acceptors (Lipinski definition) is 3. The van der Waals surface area contributed by atoms with Crippen molar-refractivity contribution in [3.05, 3.63) is 24.3 Å². The molecule has 1 aliphatic heterocycles. The lowest BCUT2D eigenvalue weighted by Crippen LogP contribution is -2.29. The van der Waals surface area contributed by atoms with E-state index in [0.29, 0.717) is 6.04 Å². The van der Waals surface area contributed by atoms with Crippen LogP contribution in [0.3, 0.4) is 0 Å². The van der Waals surface area contributed by atoms with Crippen molar-refractivity contribution in [2.45, 2.75) is 24.0 Å². The molecule has 3 rings (SSSR count). The molecule has 1 N–H and O–H groups in total. The van der Waals surface area contributed by atoms with Gasteiger partial charge in [-0.25, -0.2) is 4.98 Å². The summed E-state index contributed by atoms with van der Waals surface area (Å²) in [7, 11) is 0. The lowest BCUT2D eigenvalue weighted by atomic mass is 10.1. The summed E-state index contributed by atoms with van der Waals surface area (Å²) in [4.78, 5) is 4.71. The summed E-state index contributed by atoms with van der Waals surface area (Å²) in [6.45, 7) is 2.23. The van der Waals surface area contributed by atoms with Gasteiger partial charge in [-0.2, -0.15) is 0 Å². The summed E-state index contributed by atoms with van der Waals surface area (Å²) in [6.07, 6.45) is 4.51. The van der Waals surface area contributed by atoms with E-state index >= 15 is 0 Å². The van der Waals surface area contributed by atoms with Gasteiger partial charge in [0.25, 0.3) is 0 Å². The minimum atomic E-state index is 0.603. The van der Waals surface area contributed by atoms with Gasteiger partial charge in [-0.05, 0) is 44.3 Å². The van der Waals surface area contributed by atoms with E-state index in [2.05, 4.69) is 40.4 Å². The molecule has 0 saturated carbocycles. The molecule has 0 spiro atoms. The van der Waals surface area contributed by atoms with E-state index in [0.717, 1.165) is 23.8 Å². The number of para-hydroxylation sites is 2. The van der Waals surface area contributed by atoms with Crippen LogP contribution in [-0.2, 0) is 0 Å². The van der Waals surface area contributed by atoms with Gasteiger partial charge < -0.3 is 9.88 Å². The van der Waals surface area contributed by atoms with Crippen molar-refractivity contribution in [3.8, 4) is 0 Å². The maximum absolute atomic E-state index is 4.71. The van der Waals surface area contributed by atoms with Gasteiger partial charge in [-0.1, -0.05) is 23.9 Å². The number of imidazole rings is 1. The van der Waals surface area contributed by atoms with E-state index in [1.807, 2.05) is 0 Å². The van der Waals surface area contributed by atoms with Gasteiger partial charge in [-0.15, -0.1) is 0 Å². The number of thioether (sulfide) groups is 1. The average molecular weight is 247 g/mol. The van der Waals surface area contributed by atoms with Crippen molar-refractivity contribution >= 4 is 22.8 Å². The Balaban J connectivity index is 2.11. The Kier molecular flexibility index (Phi) is 3.07. The first-order chi connectivity index (χ1) is 8.40. The third-order valence-corrected chi connectivity index (χ3v) is 4.07. The molecule has 1 saturated heterocycles. The van der Waals surface area contributed by atoms with Gasteiger partial charge in [0.1, 0.15) is 0 Å². The third kappa shape index (κ3) is 1.96. The molecule has 0 amide bonds. The summed E-state index contributed by atoms with van der Waals surface area (Å²) in [6, 6.07) is 9.06. The first-order valence-electron chi connectivity index (χ1n) is 6.12. The van der Waals surface area contributed by atoms with E-state index in [-0.39, 0.29) is 0 Å². The van der Waals surface area contributed by atoms with Crippen LogP contribution in [0.2, 0.25) is 0 Å². The predicted molar refractivity (Wildman–Crippen MR) is 72.7 cm³/mol. The van der Waals surface area contributed by atoms with Crippen LogP contribution in [0, 0.1) is 0 Å². The maximum atomic E-state index is 4.71. The summed E-state index contributed by atoms with van der Waals surface area (Å²) in [5.74, 6) is 0. The number of fused-ring (bicyclic) bond motifs is 1. The summed E-state index contributed by atoms with van der Waals surface area (Å²) in [5, 5.41) is 4.57. The van der Waals surface area contributed by atoms with Crippen LogP contribution in [0.15, 0.2) is 29.4 Å². The van der Waals surface area contributed by atoms with Crippen molar-refractivity contribution in [3.63, 3.8) is 0 Å². The van der Waals surface area contributed by atoms with Crippen LogP contribution in [0.25, 0.3) is 11.0 Å². The Bertz CT molecular complexity index is 514. The predicted octanol–water partition coefficient (Wildman–Crippen LogP) is 2.68. The van der Waals surface area contributed by atoms with Gasteiger partial charge in [0, 0.05) is 6.04 Å². The molecule has 0 radical (unpaired) electrons. The average Bonchev–Trinajstić information content (AvgIpc) is 2.78. The van der Waals surface area contributed by atoms with Crippen LogP contribution < -0.4 is 5.32 Å². The number of aromatic nitrogens is 2. The molecular formula is C13H17N3S. The molecule has 4 heteroatoms. The molecule has 1 aromatic heterocycles. The van der Waals surface area contributed by atoms with Gasteiger partial charge in [0.15, 0.2) is 5.16 Å². The molecule has 0 bridgehead atoms. The quantitative estimate of drug-likeness (QED) is 0.828. The van der Waals surface area contributed by atoms with Crippen molar-refractivity contribution in [2.24, 2.45) is 0 Å². The molecule has 1 aliphatic rings. The van der Waals surface area contributed by atoms with Crippen LogP contribution in [0.5, 0.6) is 0 Å². The molecule has 2 aromatic rings. The Morgan fingerprint density at radius 2 is 2.06 bits per heavy atom. The molecule has 0 aliphatic carbocycles. The highest BCUT2D eigenvalue weighted by molar-refractivity contribution is 7.98. The van der Waals surface area contributed by atoms with E-state index in [1.54, 1.807) is 11.8 Å². The maximum Gasteiger partial charge on any atom is 0.169 e. The minimum Gasteiger partial charge on any atom is -0.317 e. The van der Waals surface area contributed by atoms with Gasteiger partial charge in [0.2, 0.25) is 0 Å². The topological polar surface area (TPSA) is 29.9 Å². The minimum absolute atomic E-state index is 0.603. The molecule has 1 aromatic carbocycles. The van der Waals surface area contributed by atoms with Crippen molar-refractivity contribution in [1.82, 2.24) is 14.9 Å². The fourth-order valence-electron chi connectivity index (χ4n) is 2.58. The molecule has 17 heavy (non-hydrogen) atoms. The van der Waals surface area contributed by atoms with E-state index in [4.69, 9.17) is 4.98 Å². The second kappa shape index (κ2) is 4.70. The highest BCUT2D eigenvalue weighted by atomic mass is 32.2.